The van der Waals surface area contributed by atoms with Crippen LogP contribution in [0, 0.1) is 13.8 Å². The number of nitrogens with two attached hydrogens (primary N) is 1. The van der Waals surface area contributed by atoms with Crippen molar-refractivity contribution in [1.82, 2.24) is 0 Å². The van der Waals surface area contributed by atoms with Gasteiger partial charge in [0.05, 0.1) is 0 Å². The van der Waals surface area contributed by atoms with Crippen molar-refractivity contribution in [3.8, 4) is 0 Å². The minimum absolute atomic E-state index is 0.286. The third-order valence-electron chi connectivity index (χ3n) is 3.41. The van der Waals surface area contributed by atoms with Crippen molar-refractivity contribution in [3.05, 3.63) is 46.5 Å². The highest BCUT2D eigenvalue weighted by atomic mass is 14.6. The lowest BCUT2D eigenvalue weighted by Gasteiger charge is -2.18. The molecule has 1 nitrogen and oxygen atoms in total. The highest BCUT2D eigenvalue weighted by Crippen LogP contribution is 2.22. The van der Waals surface area contributed by atoms with E-state index in [9.17, 15) is 0 Å². The SMILES string of the molecule is Cc1ccc(C)c(CC2=CC(N)CCC2)c1. The fourth-order valence-electron chi connectivity index (χ4n) is 2.42. The summed E-state index contributed by atoms with van der Waals surface area (Å²) in [5.74, 6) is 0. The van der Waals surface area contributed by atoms with Gasteiger partial charge in [-0.2, -0.15) is 0 Å². The third kappa shape index (κ3) is 2.73. The molecule has 0 spiro atoms. The first-order valence-electron chi connectivity index (χ1n) is 6.16. The molecule has 1 aliphatic carbocycles. The molecule has 2 N–H and O–H groups in total. The molecule has 0 aromatic heterocycles. The number of hydrogen-bond donors (Lipinski definition) is 1. The summed E-state index contributed by atoms with van der Waals surface area (Å²) in [4.78, 5) is 0. The average molecular weight is 215 g/mol. The molecule has 86 valence electrons. The van der Waals surface area contributed by atoms with E-state index in [1.807, 2.05) is 0 Å². The molecular formula is C15H21N. The molecule has 0 amide bonds. The number of hydrogen-bond acceptors (Lipinski definition) is 1. The lowest BCUT2D eigenvalue weighted by Crippen LogP contribution is -2.20. The molecule has 1 heteroatoms. The Kier molecular flexibility index (Phi) is 3.45. The van der Waals surface area contributed by atoms with Crippen LogP contribution in [0.4, 0.5) is 0 Å². The molecule has 1 aliphatic rings. The van der Waals surface area contributed by atoms with Crippen molar-refractivity contribution in [1.29, 1.82) is 0 Å². The van der Waals surface area contributed by atoms with Crippen LogP contribution in [-0.2, 0) is 6.42 Å². The first kappa shape index (κ1) is 11.4. The van der Waals surface area contributed by atoms with E-state index >= 15 is 0 Å². The van der Waals surface area contributed by atoms with Gasteiger partial charge < -0.3 is 5.73 Å². The molecule has 0 saturated carbocycles. The maximum Gasteiger partial charge on any atom is 0.0226 e. The van der Waals surface area contributed by atoms with Crippen molar-refractivity contribution in [2.45, 2.75) is 45.6 Å². The summed E-state index contributed by atoms with van der Waals surface area (Å²) < 4.78 is 0. The van der Waals surface area contributed by atoms with Crippen molar-refractivity contribution in [3.63, 3.8) is 0 Å². The molecule has 1 aromatic carbocycles. The first-order valence-corrected chi connectivity index (χ1v) is 6.16. The number of benzene rings is 1. The second-order valence-electron chi connectivity index (χ2n) is 4.99. The predicted octanol–water partition coefficient (Wildman–Crippen LogP) is 3.28. The number of rotatable bonds is 2. The Morgan fingerprint density at radius 3 is 2.88 bits per heavy atom. The van der Waals surface area contributed by atoms with Crippen molar-refractivity contribution >= 4 is 0 Å². The number of allylic oxidation sites excluding steroid dienone is 1. The van der Waals surface area contributed by atoms with Crippen molar-refractivity contribution < 1.29 is 0 Å². The van der Waals surface area contributed by atoms with Crippen molar-refractivity contribution in [2.75, 3.05) is 0 Å². The van der Waals surface area contributed by atoms with Gasteiger partial charge in [0.15, 0.2) is 0 Å². The highest BCUT2D eigenvalue weighted by Gasteiger charge is 2.11. The molecule has 0 fully saturated rings. The topological polar surface area (TPSA) is 26.0 Å². The maximum atomic E-state index is 5.97. The summed E-state index contributed by atoms with van der Waals surface area (Å²) in [6, 6.07) is 6.98. The summed E-state index contributed by atoms with van der Waals surface area (Å²) in [7, 11) is 0. The lowest BCUT2D eigenvalue weighted by atomic mass is 9.90. The molecule has 1 atom stereocenters. The van der Waals surface area contributed by atoms with Gasteiger partial charge in [-0.05, 0) is 50.7 Å². The predicted molar refractivity (Wildman–Crippen MR) is 69.5 cm³/mol. The molecule has 0 radical (unpaired) electrons. The quantitative estimate of drug-likeness (QED) is 0.753. The van der Waals surface area contributed by atoms with Crippen molar-refractivity contribution in [2.24, 2.45) is 5.73 Å². The summed E-state index contributed by atoms with van der Waals surface area (Å²) in [5, 5.41) is 0. The summed E-state index contributed by atoms with van der Waals surface area (Å²) in [5.41, 5.74) is 11.7. The van der Waals surface area contributed by atoms with E-state index in [1.54, 1.807) is 0 Å². The van der Waals surface area contributed by atoms with Gasteiger partial charge in [-0.25, -0.2) is 0 Å². The van der Waals surface area contributed by atoms with E-state index in [2.05, 4.69) is 38.1 Å². The van der Waals surface area contributed by atoms with Gasteiger partial charge in [0.25, 0.3) is 0 Å². The van der Waals surface area contributed by atoms with Crippen LogP contribution >= 0.6 is 0 Å². The second-order valence-corrected chi connectivity index (χ2v) is 4.99. The Morgan fingerprint density at radius 1 is 1.31 bits per heavy atom. The Balaban J connectivity index is 2.17. The highest BCUT2D eigenvalue weighted by molar-refractivity contribution is 5.34. The summed E-state index contributed by atoms with van der Waals surface area (Å²) >= 11 is 0. The second kappa shape index (κ2) is 4.84. The van der Waals surface area contributed by atoms with E-state index in [1.165, 1.54) is 35.1 Å². The lowest BCUT2D eigenvalue weighted by molar-refractivity contribution is 0.617. The molecule has 2 rings (SSSR count). The van der Waals surface area contributed by atoms with Crippen LogP contribution in [-0.4, -0.2) is 6.04 Å². The summed E-state index contributed by atoms with van der Waals surface area (Å²) in [6.07, 6.45) is 6.97. The zero-order valence-electron chi connectivity index (χ0n) is 10.3. The molecule has 1 unspecified atom stereocenters. The van der Waals surface area contributed by atoms with E-state index < -0.39 is 0 Å². The van der Waals surface area contributed by atoms with Gasteiger partial charge >= 0.3 is 0 Å². The zero-order chi connectivity index (χ0) is 11.5. The van der Waals surface area contributed by atoms with Crippen LogP contribution in [0.5, 0.6) is 0 Å². The molecule has 0 heterocycles. The Labute approximate surface area is 98.4 Å². The Hall–Kier alpha value is -1.08. The largest absolute Gasteiger partial charge is 0.324 e. The maximum absolute atomic E-state index is 5.97. The Bertz CT molecular complexity index is 404. The van der Waals surface area contributed by atoms with E-state index in [0.717, 1.165) is 12.8 Å². The normalized spacial score (nSPS) is 20.7. The van der Waals surface area contributed by atoms with Crippen LogP contribution in [0.2, 0.25) is 0 Å². The molecule has 1 aromatic rings. The van der Waals surface area contributed by atoms with Crippen LogP contribution in [0.1, 0.15) is 36.0 Å². The number of aryl methyl sites for hydroxylation is 2. The first-order chi connectivity index (χ1) is 7.65. The fraction of sp³-hybridized carbons (Fsp3) is 0.467. The molecule has 0 bridgehead atoms. The van der Waals surface area contributed by atoms with Crippen LogP contribution < -0.4 is 5.73 Å². The molecular weight excluding hydrogens is 194 g/mol. The Morgan fingerprint density at radius 2 is 2.12 bits per heavy atom. The van der Waals surface area contributed by atoms with Gasteiger partial charge in [-0.15, -0.1) is 0 Å². The average Bonchev–Trinajstić information content (AvgIpc) is 2.24. The van der Waals surface area contributed by atoms with Gasteiger partial charge in [-0.3, -0.25) is 0 Å². The minimum Gasteiger partial charge on any atom is -0.324 e. The zero-order valence-corrected chi connectivity index (χ0v) is 10.3. The van der Waals surface area contributed by atoms with Gasteiger partial charge in [0.1, 0.15) is 0 Å². The van der Waals surface area contributed by atoms with Crippen LogP contribution in [0.25, 0.3) is 0 Å². The third-order valence-corrected chi connectivity index (χ3v) is 3.41. The van der Waals surface area contributed by atoms with Gasteiger partial charge in [0.2, 0.25) is 0 Å². The standard InChI is InChI=1S/C15H21N/c1-11-6-7-12(2)14(8-11)9-13-4-3-5-15(16)10-13/h6-8,10,15H,3-5,9,16H2,1-2H3. The van der Waals surface area contributed by atoms with Crippen LogP contribution in [0.3, 0.4) is 0 Å². The van der Waals surface area contributed by atoms with Crippen LogP contribution in [0.15, 0.2) is 29.8 Å². The van der Waals surface area contributed by atoms with Gasteiger partial charge in [-0.1, -0.05) is 35.4 Å². The molecule has 16 heavy (non-hydrogen) atoms. The fourth-order valence-corrected chi connectivity index (χ4v) is 2.42. The molecule has 0 aliphatic heterocycles. The minimum atomic E-state index is 0.286. The van der Waals surface area contributed by atoms with E-state index in [4.69, 9.17) is 5.73 Å². The van der Waals surface area contributed by atoms with E-state index in [-0.39, 0.29) is 6.04 Å². The summed E-state index contributed by atoms with van der Waals surface area (Å²) in [6.45, 7) is 4.35. The smallest absolute Gasteiger partial charge is 0.0226 e. The van der Waals surface area contributed by atoms with E-state index in [0.29, 0.717) is 0 Å². The monoisotopic (exact) mass is 215 g/mol. The van der Waals surface area contributed by atoms with Gasteiger partial charge in [0, 0.05) is 6.04 Å². The molecule has 0 saturated heterocycles.